The largest absolute Gasteiger partial charge is 0.497 e. The Labute approximate surface area is 181 Å². The molecule has 0 saturated heterocycles. The van der Waals surface area contributed by atoms with Gasteiger partial charge in [0.1, 0.15) is 11.5 Å². The summed E-state index contributed by atoms with van der Waals surface area (Å²) in [5.41, 5.74) is 0. The van der Waals surface area contributed by atoms with Crippen LogP contribution in [0.2, 0.25) is 0 Å². The van der Waals surface area contributed by atoms with Crippen LogP contribution in [0, 0.1) is 0 Å². The molecule has 0 heterocycles. The van der Waals surface area contributed by atoms with Crippen molar-refractivity contribution in [2.75, 3.05) is 7.11 Å². The summed E-state index contributed by atoms with van der Waals surface area (Å²) in [5.74, 6) is -55.5. The Morgan fingerprint density at radius 1 is 0.600 bits per heavy atom. The van der Waals surface area contributed by atoms with E-state index in [1.54, 1.807) is 0 Å². The molecule has 0 aromatic heterocycles. The normalized spacial score (nSPS) is 15.6. The molecule has 0 aliphatic rings. The minimum atomic E-state index is -8.63. The van der Waals surface area contributed by atoms with Gasteiger partial charge in [0.2, 0.25) is 5.83 Å². The van der Waals surface area contributed by atoms with Crippen LogP contribution >= 0.6 is 0 Å². The molecular weight excluding hydrogens is 547 g/mol. The molecule has 35 heavy (non-hydrogen) atoms. The summed E-state index contributed by atoms with van der Waals surface area (Å²) in [6, 6.07) is -0.453. The number of benzene rings is 1. The van der Waals surface area contributed by atoms with Crippen LogP contribution in [0.5, 0.6) is 11.5 Å². The van der Waals surface area contributed by atoms with Crippen LogP contribution in [-0.2, 0) is 0 Å². The van der Waals surface area contributed by atoms with Gasteiger partial charge in [-0.3, -0.25) is 0 Å². The fraction of sp³-hybridized carbons (Fsp3) is 0.500. The molecule has 0 saturated carbocycles. The van der Waals surface area contributed by atoms with Gasteiger partial charge in [-0.05, 0) is 12.1 Å². The molecule has 1 rings (SSSR count). The van der Waals surface area contributed by atoms with Crippen LogP contribution in [0.25, 0.3) is 0 Å². The maximum Gasteiger partial charge on any atom is 0.460 e. The average molecular weight is 554 g/mol. The quantitative estimate of drug-likeness (QED) is 0.232. The van der Waals surface area contributed by atoms with Gasteiger partial charge in [-0.15, -0.1) is 0 Å². The Morgan fingerprint density at radius 2 is 1.00 bits per heavy atom. The van der Waals surface area contributed by atoms with E-state index in [1.165, 1.54) is 0 Å². The zero-order valence-electron chi connectivity index (χ0n) is 16.1. The van der Waals surface area contributed by atoms with Crippen LogP contribution in [0.1, 0.15) is 0 Å². The topological polar surface area (TPSA) is 18.5 Å². The second-order valence-electron chi connectivity index (χ2n) is 6.31. The molecule has 202 valence electrons. The second-order valence-corrected chi connectivity index (χ2v) is 6.31. The van der Waals surface area contributed by atoms with E-state index < -0.39 is 59.3 Å². The third-order valence-electron chi connectivity index (χ3n) is 4.02. The fourth-order valence-corrected chi connectivity index (χ4v) is 2.04. The highest BCUT2D eigenvalue weighted by Gasteiger charge is 2.93. The molecule has 0 spiro atoms. The maximum absolute atomic E-state index is 13.6. The second kappa shape index (κ2) is 8.79. The fourth-order valence-electron chi connectivity index (χ4n) is 2.04. The van der Waals surface area contributed by atoms with Crippen molar-refractivity contribution in [1.82, 2.24) is 0 Å². The Hall–Kier alpha value is -2.63. The molecule has 0 fully saturated rings. The van der Waals surface area contributed by atoms with Crippen LogP contribution < -0.4 is 9.47 Å². The van der Waals surface area contributed by atoms with Gasteiger partial charge in [-0.25, -0.2) is 0 Å². The molecule has 0 aliphatic heterocycles. The minimum Gasteiger partial charge on any atom is -0.497 e. The summed E-state index contributed by atoms with van der Waals surface area (Å²) in [6.07, 6.45) is -7.78. The summed E-state index contributed by atoms with van der Waals surface area (Å²) in [7, 11) is 0.959. The molecule has 0 unspecified atom stereocenters. The zero-order valence-corrected chi connectivity index (χ0v) is 16.1. The van der Waals surface area contributed by atoms with Crippen LogP contribution in [-0.4, -0.2) is 48.8 Å². The number of methoxy groups -OCH3 is 1. The van der Waals surface area contributed by atoms with Crippen LogP contribution in [0.15, 0.2) is 36.1 Å². The first-order valence-electron chi connectivity index (χ1n) is 8.05. The van der Waals surface area contributed by atoms with Crippen LogP contribution in [0.3, 0.4) is 0 Å². The lowest BCUT2D eigenvalue weighted by Gasteiger charge is -2.41. The van der Waals surface area contributed by atoms with E-state index in [0.717, 1.165) is 19.2 Å². The molecule has 1 aromatic carbocycles. The van der Waals surface area contributed by atoms with Crippen molar-refractivity contribution in [3.05, 3.63) is 36.1 Å². The Bertz CT molecular complexity index is 948. The zero-order chi connectivity index (χ0) is 28.1. The van der Waals surface area contributed by atoms with Crippen molar-refractivity contribution in [2.45, 2.75) is 41.7 Å². The molecule has 0 amide bonds. The molecule has 0 N–H and O–H groups in total. The number of halogens is 17. The third kappa shape index (κ3) is 4.52. The summed E-state index contributed by atoms with van der Waals surface area (Å²) in [4.78, 5) is 0. The van der Waals surface area contributed by atoms with Crippen molar-refractivity contribution >= 4 is 0 Å². The summed E-state index contributed by atoms with van der Waals surface area (Å²) in [5, 5.41) is 0. The van der Waals surface area contributed by atoms with E-state index in [1.807, 2.05) is 0 Å². The lowest BCUT2D eigenvalue weighted by atomic mass is 9.91. The van der Waals surface area contributed by atoms with E-state index >= 15 is 0 Å². The molecule has 0 radical (unpaired) electrons. The molecule has 0 bridgehead atoms. The molecule has 1 aromatic rings. The number of rotatable bonds is 9. The van der Waals surface area contributed by atoms with Gasteiger partial charge < -0.3 is 9.47 Å². The van der Waals surface area contributed by atoms with E-state index in [9.17, 15) is 74.6 Å². The predicted molar refractivity (Wildman–Crippen MR) is 78.6 cm³/mol. The minimum absolute atomic E-state index is 0.285. The van der Waals surface area contributed by atoms with Crippen molar-refractivity contribution < 1.29 is 84.1 Å². The van der Waals surface area contributed by atoms with Gasteiger partial charge in [0.25, 0.3) is 0 Å². The third-order valence-corrected chi connectivity index (χ3v) is 4.02. The Morgan fingerprint density at radius 3 is 1.43 bits per heavy atom. The lowest BCUT2D eigenvalue weighted by molar-refractivity contribution is -0.451. The van der Waals surface area contributed by atoms with E-state index in [2.05, 4.69) is 9.47 Å². The van der Waals surface area contributed by atoms with Crippen molar-refractivity contribution in [1.29, 1.82) is 0 Å². The van der Waals surface area contributed by atoms with Gasteiger partial charge in [-0.1, -0.05) is 6.07 Å². The lowest BCUT2D eigenvalue weighted by Crippen LogP contribution is -2.72. The number of alkyl halides is 15. The summed E-state index contributed by atoms with van der Waals surface area (Å²) >= 11 is 0. The molecule has 0 atom stereocenters. The van der Waals surface area contributed by atoms with Crippen molar-refractivity contribution in [3.8, 4) is 11.5 Å². The average Bonchev–Trinajstić information content (AvgIpc) is 2.71. The Kier molecular flexibility index (Phi) is 7.64. The standard InChI is InChI=1S/C16H7F17O2/c1-34-6-3-2-4-7(5-6)35-9(18)8(17)10(19,20)11(21,22)12(23,24)13(25,26)14(27,28)15(29,30)16(31,32)33/h2-5H,1H3. The highest BCUT2D eigenvalue weighted by atomic mass is 19.4. The molecule has 0 aliphatic carbocycles. The van der Waals surface area contributed by atoms with Gasteiger partial charge in [0.15, 0.2) is 0 Å². The molecule has 2 nitrogen and oxygen atoms in total. The predicted octanol–water partition coefficient (Wildman–Crippen LogP) is 7.56. The monoisotopic (exact) mass is 554 g/mol. The van der Waals surface area contributed by atoms with E-state index in [0.29, 0.717) is 12.1 Å². The van der Waals surface area contributed by atoms with Crippen molar-refractivity contribution in [3.63, 3.8) is 0 Å². The van der Waals surface area contributed by atoms with Gasteiger partial charge in [0.05, 0.1) is 7.11 Å². The van der Waals surface area contributed by atoms with Crippen molar-refractivity contribution in [2.24, 2.45) is 0 Å². The number of ether oxygens (including phenoxy) is 2. The number of hydrogen-bond donors (Lipinski definition) is 0. The summed E-state index contributed by atoms with van der Waals surface area (Å²) < 4.78 is 231. The van der Waals surface area contributed by atoms with Gasteiger partial charge in [-0.2, -0.15) is 74.6 Å². The highest BCUT2D eigenvalue weighted by Crippen LogP contribution is 2.63. The SMILES string of the molecule is COc1cccc(OC(F)=C(F)C(F)(F)C(F)(F)C(F)(F)C(F)(F)C(F)(F)C(F)(F)C(F)(F)F)c1. The van der Waals surface area contributed by atoms with Gasteiger partial charge in [0, 0.05) is 6.07 Å². The first-order valence-corrected chi connectivity index (χ1v) is 8.05. The van der Waals surface area contributed by atoms with E-state index in [-0.39, 0.29) is 5.75 Å². The maximum atomic E-state index is 13.6. The first kappa shape index (κ1) is 30.4. The van der Waals surface area contributed by atoms with Crippen LogP contribution in [0.4, 0.5) is 74.6 Å². The smallest absolute Gasteiger partial charge is 0.460 e. The first-order chi connectivity index (χ1) is 15.3. The van der Waals surface area contributed by atoms with E-state index in [4.69, 9.17) is 0 Å². The Balaban J connectivity index is 3.58. The van der Waals surface area contributed by atoms with Gasteiger partial charge >= 0.3 is 47.7 Å². The number of hydrogen-bond acceptors (Lipinski definition) is 2. The highest BCUT2D eigenvalue weighted by molar-refractivity contribution is 5.34. The molecular formula is C16H7F17O2. The number of allylic oxidation sites excluding steroid dienone is 1. The summed E-state index contributed by atoms with van der Waals surface area (Å²) in [6.45, 7) is 0. The molecule has 19 heteroatoms.